The van der Waals surface area contributed by atoms with Crippen molar-refractivity contribution in [1.29, 1.82) is 0 Å². The summed E-state index contributed by atoms with van der Waals surface area (Å²) in [5.41, 5.74) is 0.377. The van der Waals surface area contributed by atoms with Gasteiger partial charge in [-0.05, 0) is 44.5 Å². The molecule has 0 aliphatic carbocycles. The molecular formula is C21H22N2O6. The molecule has 8 heteroatoms. The number of nitrogens with zero attached hydrogens (tertiary/aromatic N) is 1. The van der Waals surface area contributed by atoms with Crippen LogP contribution in [0.3, 0.4) is 0 Å². The molecule has 0 radical (unpaired) electrons. The first-order valence-electron chi connectivity index (χ1n) is 9.02. The van der Waals surface area contributed by atoms with E-state index in [0.717, 1.165) is 0 Å². The van der Waals surface area contributed by atoms with E-state index in [1.54, 1.807) is 63.2 Å². The van der Waals surface area contributed by atoms with E-state index >= 15 is 0 Å². The normalized spacial score (nSPS) is 14.4. The first-order valence-corrected chi connectivity index (χ1v) is 9.02. The molecule has 2 aromatic rings. The van der Waals surface area contributed by atoms with Crippen molar-refractivity contribution in [3.63, 3.8) is 0 Å². The van der Waals surface area contributed by atoms with Gasteiger partial charge in [-0.1, -0.05) is 30.3 Å². The maximum atomic E-state index is 12.6. The van der Waals surface area contributed by atoms with Crippen LogP contribution in [-0.2, 0) is 14.3 Å². The second kappa shape index (κ2) is 7.83. The van der Waals surface area contributed by atoms with Crippen molar-refractivity contribution in [3.8, 4) is 5.75 Å². The number of rotatable bonds is 4. The molecule has 29 heavy (non-hydrogen) atoms. The Morgan fingerprint density at radius 1 is 1.17 bits per heavy atom. The number of fused-ring (bicyclic) bond motifs is 1. The lowest BCUT2D eigenvalue weighted by Gasteiger charge is -2.34. The number of carboxylic acid groups (broad SMARTS) is 1. The molecule has 0 saturated heterocycles. The van der Waals surface area contributed by atoms with E-state index in [1.807, 2.05) is 0 Å². The number of ether oxygens (including phenoxy) is 2. The van der Waals surface area contributed by atoms with Crippen LogP contribution in [0.25, 0.3) is 0 Å². The summed E-state index contributed by atoms with van der Waals surface area (Å²) in [6.45, 7) is 4.95. The molecule has 2 N–H and O–H groups in total. The fourth-order valence-electron chi connectivity index (χ4n) is 2.99. The molecule has 0 fully saturated rings. The van der Waals surface area contributed by atoms with Gasteiger partial charge in [-0.25, -0.2) is 9.59 Å². The van der Waals surface area contributed by atoms with Gasteiger partial charge >= 0.3 is 12.1 Å². The summed E-state index contributed by atoms with van der Waals surface area (Å²) in [5.74, 6) is -1.33. The van der Waals surface area contributed by atoms with Crippen LogP contribution >= 0.6 is 0 Å². The van der Waals surface area contributed by atoms with E-state index in [-0.39, 0.29) is 12.3 Å². The molecule has 8 nitrogen and oxygen atoms in total. The maximum Gasteiger partial charge on any atom is 0.412 e. The summed E-state index contributed by atoms with van der Waals surface area (Å²) in [7, 11) is 0. The smallest absolute Gasteiger partial charge is 0.412 e. The highest BCUT2D eigenvalue weighted by molar-refractivity contribution is 6.03. The van der Waals surface area contributed by atoms with Crippen molar-refractivity contribution < 1.29 is 29.0 Å². The van der Waals surface area contributed by atoms with Gasteiger partial charge in [-0.2, -0.15) is 0 Å². The van der Waals surface area contributed by atoms with Crippen LogP contribution in [0.5, 0.6) is 5.75 Å². The van der Waals surface area contributed by atoms with Crippen LogP contribution in [-0.4, -0.2) is 35.3 Å². The van der Waals surface area contributed by atoms with E-state index in [1.165, 1.54) is 11.0 Å². The van der Waals surface area contributed by atoms with Gasteiger partial charge in [0.1, 0.15) is 11.4 Å². The maximum absolute atomic E-state index is 12.6. The van der Waals surface area contributed by atoms with E-state index in [0.29, 0.717) is 17.0 Å². The summed E-state index contributed by atoms with van der Waals surface area (Å²) in [6.07, 6.45) is -0.662. The number of aliphatic carboxylic acids is 1. The van der Waals surface area contributed by atoms with Crippen molar-refractivity contribution >= 4 is 29.3 Å². The number of benzene rings is 2. The number of amides is 2. The molecule has 152 valence electrons. The summed E-state index contributed by atoms with van der Waals surface area (Å²) < 4.78 is 10.7. The van der Waals surface area contributed by atoms with Gasteiger partial charge in [0.2, 0.25) is 0 Å². The first kappa shape index (κ1) is 20.2. The quantitative estimate of drug-likeness (QED) is 0.816. The van der Waals surface area contributed by atoms with Crippen molar-refractivity contribution in [2.75, 3.05) is 16.8 Å². The largest absolute Gasteiger partial charge is 0.482 e. The Bertz CT molecular complexity index is 936. The number of hydrogen-bond acceptors (Lipinski definition) is 5. The van der Waals surface area contributed by atoms with Crippen LogP contribution in [0.1, 0.15) is 32.4 Å². The minimum atomic E-state index is -1.23. The van der Waals surface area contributed by atoms with Crippen molar-refractivity contribution in [1.82, 2.24) is 0 Å². The van der Waals surface area contributed by atoms with Gasteiger partial charge < -0.3 is 14.6 Å². The second-order valence-corrected chi connectivity index (χ2v) is 7.51. The predicted octanol–water partition coefficient (Wildman–Crippen LogP) is 3.58. The van der Waals surface area contributed by atoms with Crippen LogP contribution in [0.15, 0.2) is 48.5 Å². The van der Waals surface area contributed by atoms with Gasteiger partial charge in [-0.15, -0.1) is 0 Å². The molecule has 1 aliphatic heterocycles. The summed E-state index contributed by atoms with van der Waals surface area (Å²) >= 11 is 0. The van der Waals surface area contributed by atoms with Crippen molar-refractivity contribution in [2.45, 2.75) is 32.4 Å². The zero-order chi connectivity index (χ0) is 21.2. The standard InChI is InChI=1S/C21H22N2O6/c1-21(2,3)29-20(27)22-14-9-10-16-15(11-14)23(17(24)12-28-16)18(19(25)26)13-7-5-4-6-8-13/h4-11,18H,12H2,1-3H3,(H,22,27)(H,25,26). The molecule has 1 atom stereocenters. The highest BCUT2D eigenvalue weighted by Gasteiger charge is 2.37. The Morgan fingerprint density at radius 3 is 2.48 bits per heavy atom. The minimum Gasteiger partial charge on any atom is -0.482 e. The fourth-order valence-corrected chi connectivity index (χ4v) is 2.99. The summed E-state index contributed by atoms with van der Waals surface area (Å²) in [6, 6.07) is 11.9. The minimum absolute atomic E-state index is 0.256. The van der Waals surface area contributed by atoms with Crippen LogP contribution in [0, 0.1) is 0 Å². The third-order valence-corrected chi connectivity index (χ3v) is 4.09. The van der Waals surface area contributed by atoms with Crippen LogP contribution < -0.4 is 15.0 Å². The highest BCUT2D eigenvalue weighted by Crippen LogP contribution is 2.39. The van der Waals surface area contributed by atoms with Crippen LogP contribution in [0.2, 0.25) is 0 Å². The van der Waals surface area contributed by atoms with Gasteiger partial charge in [-0.3, -0.25) is 15.0 Å². The SMILES string of the molecule is CC(C)(C)OC(=O)Nc1ccc2c(c1)N(C(C(=O)O)c1ccccc1)C(=O)CO2. The molecule has 1 aliphatic rings. The van der Waals surface area contributed by atoms with Gasteiger partial charge in [0.15, 0.2) is 12.6 Å². The van der Waals surface area contributed by atoms with Crippen molar-refractivity contribution in [2.24, 2.45) is 0 Å². The zero-order valence-corrected chi connectivity index (χ0v) is 16.3. The lowest BCUT2D eigenvalue weighted by atomic mass is 10.0. The third kappa shape index (κ3) is 4.66. The average Bonchev–Trinajstić information content (AvgIpc) is 2.63. The molecule has 0 spiro atoms. The molecule has 2 amide bonds. The van der Waals surface area contributed by atoms with Gasteiger partial charge in [0.05, 0.1) is 5.69 Å². The Labute approximate surface area is 168 Å². The Hall–Kier alpha value is -3.55. The summed E-state index contributed by atoms with van der Waals surface area (Å²) in [4.78, 5) is 37.9. The first-order chi connectivity index (χ1) is 13.7. The number of nitrogens with one attached hydrogen (secondary N) is 1. The predicted molar refractivity (Wildman–Crippen MR) is 106 cm³/mol. The average molecular weight is 398 g/mol. The van der Waals surface area contributed by atoms with Gasteiger partial charge in [0.25, 0.3) is 5.91 Å². The van der Waals surface area contributed by atoms with Crippen molar-refractivity contribution in [3.05, 3.63) is 54.1 Å². The van der Waals surface area contributed by atoms with E-state index in [4.69, 9.17) is 9.47 Å². The highest BCUT2D eigenvalue weighted by atomic mass is 16.6. The number of carboxylic acids is 1. The molecule has 1 heterocycles. The molecule has 0 saturated carbocycles. The molecular weight excluding hydrogens is 376 g/mol. The summed E-state index contributed by atoms with van der Waals surface area (Å²) in [5, 5.41) is 12.4. The monoisotopic (exact) mass is 398 g/mol. The third-order valence-electron chi connectivity index (χ3n) is 4.09. The zero-order valence-electron chi connectivity index (χ0n) is 16.3. The Balaban J connectivity index is 1.98. The number of anilines is 2. The van der Waals surface area contributed by atoms with Gasteiger partial charge in [0, 0.05) is 5.69 Å². The molecule has 0 bridgehead atoms. The lowest BCUT2D eigenvalue weighted by molar-refractivity contribution is -0.140. The fraction of sp³-hybridized carbons (Fsp3) is 0.286. The Kier molecular flexibility index (Phi) is 5.45. The number of carbonyl (C=O) groups is 3. The lowest BCUT2D eigenvalue weighted by Crippen LogP contribution is -2.44. The number of hydrogen-bond donors (Lipinski definition) is 2. The number of carbonyl (C=O) groups excluding carboxylic acids is 2. The van der Waals surface area contributed by atoms with Crippen LogP contribution in [0.4, 0.5) is 16.2 Å². The Morgan fingerprint density at radius 2 is 1.86 bits per heavy atom. The van der Waals surface area contributed by atoms with E-state index < -0.39 is 29.6 Å². The molecule has 3 rings (SSSR count). The molecule has 0 aromatic heterocycles. The van der Waals surface area contributed by atoms with E-state index in [9.17, 15) is 19.5 Å². The second-order valence-electron chi connectivity index (χ2n) is 7.51. The van der Waals surface area contributed by atoms with E-state index in [2.05, 4.69) is 5.32 Å². The topological polar surface area (TPSA) is 105 Å². The molecule has 1 unspecified atom stereocenters. The molecule has 2 aromatic carbocycles.